The largest absolute Gasteiger partial charge is 1.00 e. The van der Waals surface area contributed by atoms with Crippen molar-refractivity contribution in [1.82, 2.24) is 0 Å². The summed E-state index contributed by atoms with van der Waals surface area (Å²) < 4.78 is 35.0. The first-order chi connectivity index (χ1) is 2.64. The molecule has 0 rings (SSSR count). The maximum absolute atomic E-state index is 9.20. The molecule has 0 aliphatic rings. The summed E-state index contributed by atoms with van der Waals surface area (Å²) in [5, 5.41) is 0. The van der Waals surface area contributed by atoms with Crippen LogP contribution in [-0.2, 0) is 20.2 Å². The van der Waals surface area contributed by atoms with Crippen LogP contribution in [0.2, 0.25) is 0 Å². The quantitative estimate of drug-likeness (QED) is 0.252. The molecule has 0 saturated heterocycles. The van der Waals surface area contributed by atoms with Crippen LogP contribution in [0.1, 0.15) is 0 Å². The Morgan fingerprint density at radius 2 is 1.33 bits per heavy atom. The molecule has 0 spiro atoms. The molecule has 0 saturated carbocycles. The van der Waals surface area contributed by atoms with E-state index >= 15 is 0 Å². The van der Waals surface area contributed by atoms with Gasteiger partial charge in [-0.1, -0.05) is 0 Å². The Kier molecular flexibility index (Phi) is 32.0. The molecule has 9 heteroatoms. The van der Waals surface area contributed by atoms with Gasteiger partial charge in [0, 0.05) is 0 Å². The zero-order chi connectivity index (χ0) is 5.15. The minimum absolute atomic E-state index is 0. The first-order valence-corrected chi connectivity index (χ1v) is 3.55. The van der Waals surface area contributed by atoms with E-state index in [1.807, 2.05) is 0 Å². The summed E-state index contributed by atoms with van der Waals surface area (Å²) in [7, 11) is -5.54. The van der Waals surface area contributed by atoms with Crippen molar-refractivity contribution in [1.29, 1.82) is 0 Å². The Balaban J connectivity index is -0.0000000417. The number of hydrogen-bond acceptors (Lipinski definition) is 4. The van der Waals surface area contributed by atoms with Crippen molar-refractivity contribution in [3.8, 4) is 0 Å². The standard InChI is InChI=1S/2Na.H2O4S2.H2O/c;;1-5(2)6(3)4;/h;;(H,1,2)(H,3,4);1H2/q2*+1;;/p-2. The molecule has 0 aliphatic carbocycles. The molecule has 0 heterocycles. The van der Waals surface area contributed by atoms with Gasteiger partial charge in [0.2, 0.25) is 10.1 Å². The minimum Gasteiger partial charge on any atom is -0.870 e. The van der Waals surface area contributed by atoms with Gasteiger partial charge < -0.3 is 10.0 Å². The van der Waals surface area contributed by atoms with Gasteiger partial charge in [-0.25, -0.2) is 4.21 Å². The van der Waals surface area contributed by atoms with E-state index in [1.54, 1.807) is 0 Å². The molecule has 0 radical (unpaired) electrons. The Bertz CT molecular complexity index is 79.0. The first-order valence-electron chi connectivity index (χ1n) is 0.849. The molecule has 0 bridgehead atoms. The van der Waals surface area contributed by atoms with Crippen molar-refractivity contribution in [3.63, 3.8) is 0 Å². The molecule has 2 atom stereocenters. The van der Waals surface area contributed by atoms with Gasteiger partial charge in [0.05, 0.1) is 10.1 Å². The van der Waals surface area contributed by atoms with E-state index in [4.69, 9.17) is 13.3 Å². The first kappa shape index (κ1) is 22.5. The second kappa shape index (κ2) is 12.8. The van der Waals surface area contributed by atoms with Gasteiger partial charge in [-0.15, -0.1) is 0 Å². The van der Waals surface area contributed by atoms with Crippen molar-refractivity contribution in [2.45, 2.75) is 0 Å². The van der Waals surface area contributed by atoms with E-state index in [0.29, 0.717) is 0 Å². The van der Waals surface area contributed by atoms with E-state index in [1.165, 1.54) is 0 Å². The molecule has 9 heavy (non-hydrogen) atoms. The molecule has 2 N–H and O–H groups in total. The van der Waals surface area contributed by atoms with Crippen LogP contribution in [0.5, 0.6) is 0 Å². The normalized spacial score (nSPS) is 13.1. The van der Waals surface area contributed by atoms with Crippen LogP contribution in [0.4, 0.5) is 0 Å². The van der Waals surface area contributed by atoms with Crippen LogP contribution in [0.3, 0.4) is 0 Å². The van der Waals surface area contributed by atoms with Crippen molar-refractivity contribution >= 4 is 20.2 Å². The average molecular weight is 192 g/mol. The van der Waals surface area contributed by atoms with E-state index in [2.05, 4.69) is 0 Å². The number of rotatable bonds is 1. The maximum atomic E-state index is 9.20. The van der Waals surface area contributed by atoms with Gasteiger partial charge in [0.1, 0.15) is 0 Å². The molecule has 0 fully saturated rings. The van der Waals surface area contributed by atoms with Crippen LogP contribution in [0.25, 0.3) is 0 Å². The van der Waals surface area contributed by atoms with E-state index in [-0.39, 0.29) is 64.6 Å². The number of hydrogen-bond donors (Lipinski definition) is 1. The summed E-state index contributed by atoms with van der Waals surface area (Å²) in [6.45, 7) is 0. The monoisotopic (exact) mass is 192 g/mol. The smallest absolute Gasteiger partial charge is 0.870 e. The predicted octanol–water partition coefficient (Wildman–Crippen LogP) is -7.17. The Morgan fingerprint density at radius 3 is 1.33 bits per heavy atom. The van der Waals surface area contributed by atoms with Gasteiger partial charge in [0.25, 0.3) is 0 Å². The molecule has 0 amide bonds. The third-order valence-electron chi connectivity index (χ3n) is 0.116. The van der Waals surface area contributed by atoms with Crippen LogP contribution in [0.15, 0.2) is 0 Å². The van der Waals surface area contributed by atoms with Crippen LogP contribution in [-0.4, -0.2) is 23.0 Å². The Labute approximate surface area is 101 Å². The topological polar surface area (TPSA) is 107 Å². The maximum Gasteiger partial charge on any atom is 1.00 e. The van der Waals surface area contributed by atoms with Crippen molar-refractivity contribution in [2.75, 3.05) is 0 Å². The third kappa shape index (κ3) is 17.8. The SMILES string of the molecule is O=S([O-])S(=O)O.[Na+].[Na+].[OH-]. The van der Waals surface area contributed by atoms with Gasteiger partial charge >= 0.3 is 59.1 Å². The fourth-order valence-electron chi connectivity index (χ4n) is 0. The van der Waals surface area contributed by atoms with E-state index in [9.17, 15) is 4.21 Å². The minimum atomic E-state index is -2.84. The molecular formula is H2Na2O5S2. The van der Waals surface area contributed by atoms with Gasteiger partial charge in [-0.2, -0.15) is 0 Å². The molecule has 0 aliphatic heterocycles. The van der Waals surface area contributed by atoms with Gasteiger partial charge in [-0.3, -0.25) is 8.76 Å². The fraction of sp³-hybridized carbons (Fsp3) is 0. The molecule has 0 aromatic carbocycles. The molecule has 2 unspecified atom stereocenters. The summed E-state index contributed by atoms with van der Waals surface area (Å²) in [5.41, 5.74) is 0. The molecule has 5 nitrogen and oxygen atoms in total. The summed E-state index contributed by atoms with van der Waals surface area (Å²) in [4.78, 5) is 0. The van der Waals surface area contributed by atoms with Gasteiger partial charge in [0.15, 0.2) is 0 Å². The van der Waals surface area contributed by atoms with E-state index < -0.39 is 20.2 Å². The van der Waals surface area contributed by atoms with Crippen LogP contribution < -0.4 is 59.1 Å². The summed E-state index contributed by atoms with van der Waals surface area (Å²) in [5.74, 6) is 0. The molecular weight excluding hydrogens is 190 g/mol. The summed E-state index contributed by atoms with van der Waals surface area (Å²) in [6, 6.07) is 0. The summed E-state index contributed by atoms with van der Waals surface area (Å²) in [6.07, 6.45) is 0. The average Bonchev–Trinajstić information content (AvgIpc) is 1.36. The second-order valence-corrected chi connectivity index (χ2v) is 2.94. The van der Waals surface area contributed by atoms with E-state index in [0.717, 1.165) is 0 Å². The predicted molar refractivity (Wildman–Crippen MR) is 21.6 cm³/mol. The zero-order valence-electron chi connectivity index (χ0n) is 4.94. The second-order valence-electron chi connectivity index (χ2n) is 0.421. The van der Waals surface area contributed by atoms with Crippen LogP contribution in [0, 0.1) is 0 Å². The Morgan fingerprint density at radius 1 is 1.22 bits per heavy atom. The zero-order valence-corrected chi connectivity index (χ0v) is 10.6. The van der Waals surface area contributed by atoms with Gasteiger partial charge in [-0.05, 0) is 0 Å². The van der Waals surface area contributed by atoms with Crippen molar-refractivity contribution in [3.05, 3.63) is 0 Å². The van der Waals surface area contributed by atoms with Crippen molar-refractivity contribution < 1.29 is 82.1 Å². The Hall–Kier alpha value is 2.18. The third-order valence-corrected chi connectivity index (χ3v) is 1.05. The van der Waals surface area contributed by atoms with Crippen molar-refractivity contribution in [2.24, 2.45) is 0 Å². The summed E-state index contributed by atoms with van der Waals surface area (Å²) >= 11 is 0. The molecule has 46 valence electrons. The molecule has 0 aromatic heterocycles. The molecule has 0 aromatic rings. The fourth-order valence-corrected chi connectivity index (χ4v) is 0. The van der Waals surface area contributed by atoms with Crippen LogP contribution >= 0.6 is 0 Å².